The molecule has 3 aromatic rings. The Hall–Kier alpha value is -3.68. The summed E-state index contributed by atoms with van der Waals surface area (Å²) in [5, 5.41) is 8.81. The smallest absolute Gasteiger partial charge is 0.323 e. The van der Waals surface area contributed by atoms with Crippen LogP contribution in [0.25, 0.3) is 11.1 Å². The van der Waals surface area contributed by atoms with Crippen LogP contribution in [0.3, 0.4) is 0 Å². The highest BCUT2D eigenvalue weighted by Gasteiger charge is 2.17. The number of hydrogen-bond acceptors (Lipinski definition) is 4. The number of ether oxygens (including phenoxy) is 1. The molecule has 0 aliphatic carbocycles. The van der Waals surface area contributed by atoms with Crippen molar-refractivity contribution in [3.63, 3.8) is 0 Å². The van der Waals surface area contributed by atoms with Crippen LogP contribution in [0.2, 0.25) is 0 Å². The van der Waals surface area contributed by atoms with Crippen molar-refractivity contribution < 1.29 is 19.5 Å². The van der Waals surface area contributed by atoms with Gasteiger partial charge < -0.3 is 10.5 Å². The Labute approximate surface area is 181 Å². The third-order valence-electron chi connectivity index (χ3n) is 4.67. The van der Waals surface area contributed by atoms with E-state index in [9.17, 15) is 9.59 Å². The number of benzene rings is 3. The highest BCUT2D eigenvalue weighted by atomic mass is 16.5. The van der Waals surface area contributed by atoms with Gasteiger partial charge in [0.1, 0.15) is 0 Å². The highest BCUT2D eigenvalue weighted by Crippen LogP contribution is 2.32. The van der Waals surface area contributed by atoms with Gasteiger partial charge in [0.2, 0.25) is 0 Å². The zero-order valence-corrected chi connectivity index (χ0v) is 17.2. The molecule has 160 valence electrons. The van der Waals surface area contributed by atoms with Crippen molar-refractivity contribution in [3.8, 4) is 11.1 Å². The first-order valence-corrected chi connectivity index (χ1v) is 9.94. The number of nitrogens with one attached hydrogen (secondary N) is 1. The first kappa shape index (κ1) is 22.0. The van der Waals surface area contributed by atoms with Crippen LogP contribution in [0.4, 0.5) is 16.2 Å². The number of carbonyl (C=O) groups is 2. The fraction of sp³-hybridized carbons (Fsp3) is 0.167. The summed E-state index contributed by atoms with van der Waals surface area (Å²) < 4.78 is 5.71. The van der Waals surface area contributed by atoms with Gasteiger partial charge in [0, 0.05) is 12.2 Å². The van der Waals surface area contributed by atoms with E-state index in [1.807, 2.05) is 55.5 Å². The van der Waals surface area contributed by atoms with Crippen LogP contribution in [0.15, 0.2) is 72.8 Å². The van der Waals surface area contributed by atoms with Crippen molar-refractivity contribution in [2.24, 2.45) is 5.73 Å². The summed E-state index contributed by atoms with van der Waals surface area (Å²) in [4.78, 5) is 25.4. The van der Waals surface area contributed by atoms with E-state index in [-0.39, 0.29) is 0 Å². The van der Waals surface area contributed by atoms with Gasteiger partial charge in [0.05, 0.1) is 18.0 Å². The number of nitrogens with two attached hydrogens (primary N) is 1. The molecule has 0 radical (unpaired) electrons. The topological polar surface area (TPSA) is 105 Å². The summed E-state index contributed by atoms with van der Waals surface area (Å²) in [5.74, 6) is -0.585. The van der Waals surface area contributed by atoms with E-state index in [0.29, 0.717) is 30.2 Å². The Morgan fingerprint density at radius 3 is 2.29 bits per heavy atom. The average molecular weight is 419 g/mol. The lowest BCUT2D eigenvalue weighted by Gasteiger charge is -2.22. The minimum Gasteiger partial charge on any atom is -0.377 e. The SMILES string of the molecule is CCCOCc1cc(-c2ccc(C(=O)NO)cc2)cc(N(C(N)=O)c2ccccc2)c1. The zero-order valence-electron chi connectivity index (χ0n) is 17.2. The molecule has 0 saturated heterocycles. The number of primary amides is 1. The van der Waals surface area contributed by atoms with Crippen LogP contribution >= 0.6 is 0 Å². The average Bonchev–Trinajstić information content (AvgIpc) is 2.79. The summed E-state index contributed by atoms with van der Waals surface area (Å²) in [6.07, 6.45) is 0.901. The molecule has 3 aromatic carbocycles. The van der Waals surface area contributed by atoms with Crippen LogP contribution in [-0.4, -0.2) is 23.8 Å². The molecule has 0 atom stereocenters. The molecule has 0 fully saturated rings. The molecule has 0 bridgehead atoms. The number of amides is 3. The van der Waals surface area contributed by atoms with Crippen molar-refractivity contribution in [2.45, 2.75) is 20.0 Å². The number of urea groups is 1. The molecule has 0 unspecified atom stereocenters. The molecule has 0 heterocycles. The maximum atomic E-state index is 12.3. The van der Waals surface area contributed by atoms with E-state index in [2.05, 4.69) is 0 Å². The largest absolute Gasteiger partial charge is 0.377 e. The summed E-state index contributed by atoms with van der Waals surface area (Å²) >= 11 is 0. The fourth-order valence-corrected chi connectivity index (χ4v) is 3.25. The van der Waals surface area contributed by atoms with Crippen LogP contribution in [-0.2, 0) is 11.3 Å². The number of anilines is 2. The van der Waals surface area contributed by atoms with Crippen LogP contribution < -0.4 is 16.1 Å². The molecule has 7 nitrogen and oxygen atoms in total. The molecule has 3 amide bonds. The van der Waals surface area contributed by atoms with E-state index in [1.54, 1.807) is 29.7 Å². The fourth-order valence-electron chi connectivity index (χ4n) is 3.25. The number of carbonyl (C=O) groups excluding carboxylic acids is 2. The minimum absolute atomic E-state index is 0.331. The summed E-state index contributed by atoms with van der Waals surface area (Å²) in [7, 11) is 0. The first-order valence-electron chi connectivity index (χ1n) is 9.94. The van der Waals surface area contributed by atoms with Gasteiger partial charge in [-0.15, -0.1) is 0 Å². The van der Waals surface area contributed by atoms with Crippen molar-refractivity contribution in [1.82, 2.24) is 5.48 Å². The molecule has 0 spiro atoms. The second-order valence-corrected chi connectivity index (χ2v) is 6.97. The van der Waals surface area contributed by atoms with E-state index in [0.717, 1.165) is 23.1 Å². The number of hydrogen-bond donors (Lipinski definition) is 3. The standard InChI is InChI=1S/C24H25N3O4/c1-2-12-31-16-17-13-20(18-8-10-19(11-9-18)23(28)26-30)15-22(14-17)27(24(25)29)21-6-4-3-5-7-21/h3-11,13-15,30H,2,12,16H2,1H3,(H2,25,29)(H,26,28). The number of hydroxylamine groups is 1. The highest BCUT2D eigenvalue weighted by molar-refractivity contribution is 5.99. The van der Waals surface area contributed by atoms with Gasteiger partial charge in [0.25, 0.3) is 5.91 Å². The molecular weight excluding hydrogens is 394 g/mol. The third kappa shape index (κ3) is 5.48. The van der Waals surface area contributed by atoms with E-state index in [4.69, 9.17) is 15.7 Å². The summed E-state index contributed by atoms with van der Waals surface area (Å²) in [5.41, 5.74) is 11.5. The van der Waals surface area contributed by atoms with Gasteiger partial charge in [-0.3, -0.25) is 14.9 Å². The predicted octanol–water partition coefficient (Wildman–Crippen LogP) is 4.62. The molecule has 31 heavy (non-hydrogen) atoms. The lowest BCUT2D eigenvalue weighted by molar-refractivity contribution is 0.0706. The summed E-state index contributed by atoms with van der Waals surface area (Å²) in [6, 6.07) is 21.1. The predicted molar refractivity (Wildman–Crippen MR) is 119 cm³/mol. The molecule has 4 N–H and O–H groups in total. The normalized spacial score (nSPS) is 10.5. The molecule has 0 aliphatic rings. The number of rotatable bonds is 8. The van der Waals surface area contributed by atoms with Crippen LogP contribution in [0, 0.1) is 0 Å². The Kier molecular flexibility index (Phi) is 7.37. The van der Waals surface area contributed by atoms with Gasteiger partial charge >= 0.3 is 6.03 Å². The monoisotopic (exact) mass is 419 g/mol. The Balaban J connectivity index is 2.05. The zero-order chi connectivity index (χ0) is 22.2. The molecule has 0 saturated carbocycles. The number of para-hydroxylation sites is 1. The maximum absolute atomic E-state index is 12.3. The third-order valence-corrected chi connectivity index (χ3v) is 4.67. The van der Waals surface area contributed by atoms with Gasteiger partial charge in [-0.2, -0.15) is 0 Å². The Morgan fingerprint density at radius 1 is 0.968 bits per heavy atom. The lowest BCUT2D eigenvalue weighted by Crippen LogP contribution is -2.31. The lowest BCUT2D eigenvalue weighted by atomic mass is 10.00. The molecule has 0 aliphatic heterocycles. The maximum Gasteiger partial charge on any atom is 0.323 e. The van der Waals surface area contributed by atoms with Gasteiger partial charge in [-0.1, -0.05) is 37.3 Å². The second kappa shape index (κ2) is 10.4. The van der Waals surface area contributed by atoms with Crippen molar-refractivity contribution in [2.75, 3.05) is 11.5 Å². The van der Waals surface area contributed by atoms with Gasteiger partial charge in [-0.25, -0.2) is 10.3 Å². The van der Waals surface area contributed by atoms with E-state index < -0.39 is 11.9 Å². The molecule has 7 heteroatoms. The van der Waals surface area contributed by atoms with E-state index in [1.165, 1.54) is 4.90 Å². The first-order chi connectivity index (χ1) is 15.0. The molecule has 3 rings (SSSR count). The Morgan fingerprint density at radius 2 is 1.68 bits per heavy atom. The summed E-state index contributed by atoms with van der Waals surface area (Å²) in [6.45, 7) is 3.06. The van der Waals surface area contributed by atoms with Crippen molar-refractivity contribution >= 4 is 23.3 Å². The van der Waals surface area contributed by atoms with Crippen LogP contribution in [0.5, 0.6) is 0 Å². The molecule has 0 aromatic heterocycles. The van der Waals surface area contributed by atoms with Gasteiger partial charge in [0.15, 0.2) is 0 Å². The Bertz CT molecular complexity index is 1040. The quantitative estimate of drug-likeness (QED) is 0.281. The van der Waals surface area contributed by atoms with Crippen molar-refractivity contribution in [3.05, 3.63) is 83.9 Å². The minimum atomic E-state index is -0.598. The van der Waals surface area contributed by atoms with Gasteiger partial charge in [-0.05, 0) is 65.6 Å². The van der Waals surface area contributed by atoms with Crippen LogP contribution in [0.1, 0.15) is 29.3 Å². The second-order valence-electron chi connectivity index (χ2n) is 6.97. The van der Waals surface area contributed by atoms with E-state index >= 15 is 0 Å². The number of nitrogens with zero attached hydrogens (tertiary/aromatic N) is 1. The van der Waals surface area contributed by atoms with Crippen molar-refractivity contribution in [1.29, 1.82) is 0 Å². The molecular formula is C24H25N3O4.